The fourth-order valence-corrected chi connectivity index (χ4v) is 3.14. The number of pyridine rings is 1. The van der Waals surface area contributed by atoms with Crippen molar-refractivity contribution in [3.8, 4) is 17.7 Å². The number of para-hydroxylation sites is 1. The predicted molar refractivity (Wildman–Crippen MR) is 96.2 cm³/mol. The Labute approximate surface area is 165 Å². The zero-order valence-electron chi connectivity index (χ0n) is 15.3. The number of halogens is 3. The fraction of sp³-hybridized carbons (Fsp3) is 0.350. The van der Waals surface area contributed by atoms with Gasteiger partial charge in [0, 0.05) is 18.3 Å². The maximum Gasteiger partial charge on any atom is 0.573 e. The topological polar surface area (TPSA) is 84.2 Å². The molecule has 1 fully saturated rings. The number of hydrogen-bond acceptors (Lipinski definition) is 5. The number of nitrogens with one attached hydrogen (secondary N) is 1. The average Bonchev–Trinajstić information content (AvgIpc) is 2.69. The number of hydrogen-bond donors (Lipinski definition) is 1. The number of aromatic nitrogens is 1. The van der Waals surface area contributed by atoms with E-state index in [9.17, 15) is 18.0 Å². The molecule has 3 rings (SSSR count). The van der Waals surface area contributed by atoms with E-state index in [4.69, 9.17) is 10.00 Å². The van der Waals surface area contributed by atoms with Crippen LogP contribution in [-0.4, -0.2) is 29.4 Å². The Bertz CT molecular complexity index is 886. The highest BCUT2D eigenvalue weighted by molar-refractivity contribution is 5.97. The van der Waals surface area contributed by atoms with Crippen molar-refractivity contribution in [2.45, 2.75) is 44.2 Å². The van der Waals surface area contributed by atoms with Gasteiger partial charge in [-0.3, -0.25) is 4.79 Å². The fourth-order valence-electron chi connectivity index (χ4n) is 3.14. The van der Waals surface area contributed by atoms with E-state index in [-0.39, 0.29) is 17.7 Å². The van der Waals surface area contributed by atoms with Gasteiger partial charge in [-0.25, -0.2) is 4.98 Å². The molecule has 0 atom stereocenters. The molecule has 0 saturated heterocycles. The zero-order valence-corrected chi connectivity index (χ0v) is 15.3. The van der Waals surface area contributed by atoms with Crippen LogP contribution in [0.5, 0.6) is 11.6 Å². The van der Waals surface area contributed by atoms with Crippen LogP contribution in [0.3, 0.4) is 0 Å². The van der Waals surface area contributed by atoms with Crippen LogP contribution in [-0.2, 0) is 0 Å². The monoisotopic (exact) mass is 405 g/mol. The minimum absolute atomic E-state index is 0.0792. The number of amides is 1. The zero-order chi connectivity index (χ0) is 20.9. The van der Waals surface area contributed by atoms with E-state index in [1.54, 1.807) is 12.1 Å². The molecule has 1 N–H and O–H groups in total. The van der Waals surface area contributed by atoms with Crippen LogP contribution in [0.2, 0.25) is 0 Å². The first-order valence-electron chi connectivity index (χ1n) is 9.02. The van der Waals surface area contributed by atoms with Gasteiger partial charge < -0.3 is 14.8 Å². The van der Waals surface area contributed by atoms with Crippen LogP contribution in [0.25, 0.3) is 0 Å². The summed E-state index contributed by atoms with van der Waals surface area (Å²) in [5, 5.41) is 11.5. The highest BCUT2D eigenvalue weighted by Gasteiger charge is 2.33. The Morgan fingerprint density at radius 2 is 1.86 bits per heavy atom. The summed E-state index contributed by atoms with van der Waals surface area (Å²) >= 11 is 0. The summed E-state index contributed by atoms with van der Waals surface area (Å²) in [6.07, 6.45) is -0.957. The van der Waals surface area contributed by atoms with Gasteiger partial charge in [0.25, 0.3) is 5.91 Å². The number of nitriles is 1. The molecular weight excluding hydrogens is 387 g/mol. The normalized spacial score (nSPS) is 19.1. The SMILES string of the molecule is N#Cc1ccc(OC2CCC(NC(=O)c3ccccc3OC(F)(F)F)CC2)nc1. The van der Waals surface area contributed by atoms with Crippen LogP contribution in [0.4, 0.5) is 13.2 Å². The lowest BCUT2D eigenvalue weighted by atomic mass is 9.92. The molecule has 0 unspecified atom stereocenters. The standard InChI is InChI=1S/C20H18F3N3O3/c21-20(22,23)29-17-4-2-1-3-16(17)19(27)26-14-6-8-15(9-7-14)28-18-10-5-13(11-24)12-25-18/h1-5,10,12,14-15H,6-9H2,(H,26,27). The van der Waals surface area contributed by atoms with Crippen LogP contribution in [0, 0.1) is 11.3 Å². The van der Waals surface area contributed by atoms with Crippen molar-refractivity contribution in [3.05, 3.63) is 53.7 Å². The maximum atomic E-state index is 12.5. The van der Waals surface area contributed by atoms with Gasteiger partial charge in [0.15, 0.2) is 0 Å². The Balaban J connectivity index is 1.53. The Hall–Kier alpha value is -3.28. The molecule has 152 valence electrons. The number of nitrogens with zero attached hydrogens (tertiary/aromatic N) is 2. The van der Waals surface area contributed by atoms with Crippen LogP contribution in [0.1, 0.15) is 41.6 Å². The van der Waals surface area contributed by atoms with Gasteiger partial charge >= 0.3 is 6.36 Å². The number of ether oxygens (including phenoxy) is 2. The van der Waals surface area contributed by atoms with Crippen LogP contribution in [0.15, 0.2) is 42.6 Å². The van der Waals surface area contributed by atoms with Crippen molar-refractivity contribution in [3.63, 3.8) is 0 Å². The Morgan fingerprint density at radius 3 is 2.48 bits per heavy atom. The highest BCUT2D eigenvalue weighted by Crippen LogP contribution is 2.27. The molecule has 1 aliphatic rings. The number of benzene rings is 1. The average molecular weight is 405 g/mol. The van der Waals surface area contributed by atoms with Gasteiger partial charge in [-0.15, -0.1) is 13.2 Å². The van der Waals surface area contributed by atoms with Gasteiger partial charge in [-0.1, -0.05) is 12.1 Å². The van der Waals surface area contributed by atoms with E-state index < -0.39 is 18.0 Å². The minimum Gasteiger partial charge on any atom is -0.474 e. The molecule has 1 amide bonds. The molecule has 1 aliphatic carbocycles. The van der Waals surface area contributed by atoms with Gasteiger partial charge in [-0.05, 0) is 43.9 Å². The molecule has 0 bridgehead atoms. The van der Waals surface area contributed by atoms with Crippen molar-refractivity contribution >= 4 is 5.91 Å². The maximum absolute atomic E-state index is 12.5. The first kappa shape index (κ1) is 20.5. The molecule has 0 spiro atoms. The van der Waals surface area contributed by atoms with E-state index in [1.807, 2.05) is 6.07 Å². The van der Waals surface area contributed by atoms with Crippen molar-refractivity contribution < 1.29 is 27.4 Å². The first-order valence-corrected chi connectivity index (χ1v) is 9.02. The predicted octanol–water partition coefficient (Wildman–Crippen LogP) is 3.97. The van der Waals surface area contributed by atoms with E-state index in [0.717, 1.165) is 6.07 Å². The number of alkyl halides is 3. The summed E-state index contributed by atoms with van der Waals surface area (Å²) in [4.78, 5) is 16.5. The molecule has 1 aromatic carbocycles. The van der Waals surface area contributed by atoms with Crippen LogP contribution < -0.4 is 14.8 Å². The highest BCUT2D eigenvalue weighted by atomic mass is 19.4. The third kappa shape index (κ3) is 5.85. The largest absolute Gasteiger partial charge is 0.573 e. The van der Waals surface area contributed by atoms with E-state index in [1.165, 1.54) is 24.4 Å². The Kier molecular flexibility index (Phi) is 6.22. The quantitative estimate of drug-likeness (QED) is 0.814. The third-order valence-corrected chi connectivity index (χ3v) is 4.52. The molecule has 1 saturated carbocycles. The molecule has 0 radical (unpaired) electrons. The van der Waals surface area contributed by atoms with Crippen molar-refractivity contribution in [1.82, 2.24) is 10.3 Å². The molecule has 1 aromatic heterocycles. The van der Waals surface area contributed by atoms with Crippen molar-refractivity contribution in [1.29, 1.82) is 5.26 Å². The van der Waals surface area contributed by atoms with Gasteiger partial charge in [0.2, 0.25) is 5.88 Å². The van der Waals surface area contributed by atoms with Crippen molar-refractivity contribution in [2.24, 2.45) is 0 Å². The molecule has 9 heteroatoms. The van der Waals surface area contributed by atoms with E-state index >= 15 is 0 Å². The Morgan fingerprint density at radius 1 is 1.14 bits per heavy atom. The second-order valence-electron chi connectivity index (χ2n) is 6.61. The summed E-state index contributed by atoms with van der Waals surface area (Å²) in [5.74, 6) is -0.709. The molecule has 6 nitrogen and oxygen atoms in total. The summed E-state index contributed by atoms with van der Waals surface area (Å²) in [6.45, 7) is 0. The summed E-state index contributed by atoms with van der Waals surface area (Å²) in [7, 11) is 0. The van der Waals surface area contributed by atoms with Crippen LogP contribution >= 0.6 is 0 Å². The summed E-state index contributed by atoms with van der Waals surface area (Å²) in [6, 6.07) is 10.3. The number of carbonyl (C=O) groups excluding carboxylic acids is 1. The molecular formula is C20H18F3N3O3. The minimum atomic E-state index is -4.87. The summed E-state index contributed by atoms with van der Waals surface area (Å²) < 4.78 is 47.3. The lowest BCUT2D eigenvalue weighted by molar-refractivity contribution is -0.274. The summed E-state index contributed by atoms with van der Waals surface area (Å²) in [5.41, 5.74) is 0.281. The van der Waals surface area contributed by atoms with E-state index in [0.29, 0.717) is 37.1 Å². The smallest absolute Gasteiger partial charge is 0.474 e. The lowest BCUT2D eigenvalue weighted by Gasteiger charge is -2.29. The van der Waals surface area contributed by atoms with Crippen molar-refractivity contribution in [2.75, 3.05) is 0 Å². The third-order valence-electron chi connectivity index (χ3n) is 4.52. The van der Waals surface area contributed by atoms with E-state index in [2.05, 4.69) is 15.0 Å². The molecule has 0 aliphatic heterocycles. The molecule has 29 heavy (non-hydrogen) atoms. The number of carbonyl (C=O) groups is 1. The lowest BCUT2D eigenvalue weighted by Crippen LogP contribution is -2.40. The van der Waals surface area contributed by atoms with Gasteiger partial charge in [-0.2, -0.15) is 5.26 Å². The molecule has 2 aromatic rings. The second kappa shape index (κ2) is 8.82. The van der Waals surface area contributed by atoms with Gasteiger partial charge in [0.05, 0.1) is 11.1 Å². The number of rotatable bonds is 5. The molecule has 1 heterocycles. The van der Waals surface area contributed by atoms with Gasteiger partial charge in [0.1, 0.15) is 17.9 Å². The second-order valence-corrected chi connectivity index (χ2v) is 6.61. The first-order chi connectivity index (χ1) is 13.8.